The lowest BCUT2D eigenvalue weighted by atomic mass is 10.00. The van der Waals surface area contributed by atoms with Gasteiger partial charge in [0.2, 0.25) is 5.91 Å². The van der Waals surface area contributed by atoms with E-state index < -0.39 is 17.5 Å². The van der Waals surface area contributed by atoms with E-state index in [1.165, 1.54) is 11.1 Å². The third kappa shape index (κ3) is 5.36. The van der Waals surface area contributed by atoms with Crippen molar-refractivity contribution in [3.05, 3.63) is 70.8 Å². The lowest BCUT2D eigenvalue weighted by Gasteiger charge is -2.28. The van der Waals surface area contributed by atoms with Gasteiger partial charge in [0.1, 0.15) is 11.6 Å². The van der Waals surface area contributed by atoms with E-state index in [2.05, 4.69) is 39.8 Å². The summed E-state index contributed by atoms with van der Waals surface area (Å²) in [6.07, 6.45) is 1.84. The van der Waals surface area contributed by atoms with E-state index in [0.29, 0.717) is 12.6 Å². The van der Waals surface area contributed by atoms with Gasteiger partial charge in [-0.3, -0.25) is 14.5 Å². The summed E-state index contributed by atoms with van der Waals surface area (Å²) < 4.78 is 26.4. The maximum Gasteiger partial charge on any atom is 0.254 e. The molecule has 2 N–H and O–H groups in total. The Bertz CT molecular complexity index is 857. The number of rotatable bonds is 7. The van der Waals surface area contributed by atoms with E-state index >= 15 is 0 Å². The monoisotopic (exact) mass is 387 g/mol. The van der Waals surface area contributed by atoms with Crippen molar-refractivity contribution < 1.29 is 18.4 Å². The maximum atomic E-state index is 13.5. The second-order valence-electron chi connectivity index (χ2n) is 6.81. The lowest BCUT2D eigenvalue weighted by Crippen LogP contribution is -2.38. The Morgan fingerprint density at radius 2 is 1.82 bits per heavy atom. The number of nitrogens with zero attached hydrogens (tertiary/aromatic N) is 1. The smallest absolute Gasteiger partial charge is 0.254 e. The minimum Gasteiger partial charge on any atom is -0.355 e. The summed E-state index contributed by atoms with van der Waals surface area (Å²) in [6, 6.07) is 11.1. The molecular weight excluding hydrogens is 364 g/mol. The van der Waals surface area contributed by atoms with E-state index in [1.54, 1.807) is 0 Å². The molecule has 0 spiro atoms. The molecule has 0 aromatic heterocycles. The fourth-order valence-corrected chi connectivity index (χ4v) is 3.27. The first-order valence-corrected chi connectivity index (χ1v) is 9.32. The normalized spacial score (nSPS) is 13.6. The van der Waals surface area contributed by atoms with Gasteiger partial charge in [-0.1, -0.05) is 24.3 Å². The summed E-state index contributed by atoms with van der Waals surface area (Å²) in [5.74, 6) is -2.82. The van der Waals surface area contributed by atoms with Gasteiger partial charge in [-0.2, -0.15) is 0 Å². The first-order valence-electron chi connectivity index (χ1n) is 9.32. The Hall–Kier alpha value is -2.80. The van der Waals surface area contributed by atoms with Crippen molar-refractivity contribution in [2.45, 2.75) is 19.4 Å². The zero-order valence-corrected chi connectivity index (χ0v) is 15.5. The average molecular weight is 387 g/mol. The van der Waals surface area contributed by atoms with Crippen LogP contribution in [0.25, 0.3) is 0 Å². The molecule has 2 amide bonds. The van der Waals surface area contributed by atoms with Crippen LogP contribution in [0, 0.1) is 11.6 Å². The molecule has 1 aliphatic heterocycles. The number of fused-ring (bicyclic) bond motifs is 1. The Labute approximate surface area is 162 Å². The van der Waals surface area contributed by atoms with Crippen LogP contribution < -0.4 is 10.6 Å². The summed E-state index contributed by atoms with van der Waals surface area (Å²) >= 11 is 0. The topological polar surface area (TPSA) is 61.4 Å². The lowest BCUT2D eigenvalue weighted by molar-refractivity contribution is -0.120. The highest BCUT2D eigenvalue weighted by Gasteiger charge is 2.15. The molecule has 0 atom stereocenters. The van der Waals surface area contributed by atoms with Gasteiger partial charge in [0, 0.05) is 32.2 Å². The van der Waals surface area contributed by atoms with Crippen LogP contribution in [0.4, 0.5) is 8.78 Å². The molecule has 0 saturated heterocycles. The molecule has 2 aromatic rings. The molecule has 28 heavy (non-hydrogen) atoms. The summed E-state index contributed by atoms with van der Waals surface area (Å²) in [5.41, 5.74) is 2.47. The van der Waals surface area contributed by atoms with Gasteiger partial charge < -0.3 is 10.6 Å². The second-order valence-corrected chi connectivity index (χ2v) is 6.81. The first-order chi connectivity index (χ1) is 13.5. The third-order valence-corrected chi connectivity index (χ3v) is 4.77. The van der Waals surface area contributed by atoms with Crippen molar-refractivity contribution in [2.75, 3.05) is 26.2 Å². The van der Waals surface area contributed by atoms with Crippen molar-refractivity contribution in [2.24, 2.45) is 0 Å². The predicted octanol–water partition coefficient (Wildman–Crippen LogP) is 2.26. The highest BCUT2D eigenvalue weighted by Crippen LogP contribution is 2.18. The molecule has 0 radical (unpaired) electrons. The summed E-state index contributed by atoms with van der Waals surface area (Å²) in [5, 5.41) is 5.07. The Kier molecular flexibility index (Phi) is 6.71. The van der Waals surface area contributed by atoms with Crippen LogP contribution in [-0.4, -0.2) is 42.9 Å². The van der Waals surface area contributed by atoms with Gasteiger partial charge in [-0.15, -0.1) is 0 Å². The molecular formula is C21H23F2N3O2. The Morgan fingerprint density at radius 1 is 1.04 bits per heavy atom. The van der Waals surface area contributed by atoms with Gasteiger partial charge in [0.25, 0.3) is 5.91 Å². The number of halogens is 2. The van der Waals surface area contributed by atoms with Gasteiger partial charge in [0.15, 0.2) is 0 Å². The van der Waals surface area contributed by atoms with E-state index in [9.17, 15) is 18.4 Å². The van der Waals surface area contributed by atoms with Crippen LogP contribution in [0.1, 0.15) is 27.9 Å². The average Bonchev–Trinajstić information content (AvgIpc) is 2.69. The van der Waals surface area contributed by atoms with E-state index in [1.807, 2.05) is 0 Å². The minimum absolute atomic E-state index is 0.257. The van der Waals surface area contributed by atoms with Crippen molar-refractivity contribution in [1.29, 1.82) is 0 Å². The molecule has 3 rings (SSSR count). The highest BCUT2D eigenvalue weighted by atomic mass is 19.1. The van der Waals surface area contributed by atoms with Crippen LogP contribution in [-0.2, 0) is 17.8 Å². The molecule has 0 bridgehead atoms. The van der Waals surface area contributed by atoms with Crippen LogP contribution >= 0.6 is 0 Å². The van der Waals surface area contributed by atoms with Gasteiger partial charge in [-0.25, -0.2) is 8.78 Å². The molecule has 2 aromatic carbocycles. The van der Waals surface area contributed by atoms with Crippen molar-refractivity contribution >= 4 is 11.8 Å². The summed E-state index contributed by atoms with van der Waals surface area (Å²) in [4.78, 5) is 26.1. The number of carbonyl (C=O) groups is 2. The van der Waals surface area contributed by atoms with Gasteiger partial charge in [0.05, 0.1) is 12.1 Å². The van der Waals surface area contributed by atoms with Crippen molar-refractivity contribution in [1.82, 2.24) is 15.5 Å². The number of hydrogen-bond acceptors (Lipinski definition) is 3. The maximum absolute atomic E-state index is 13.5. The Balaban J connectivity index is 1.33. The van der Waals surface area contributed by atoms with Crippen molar-refractivity contribution in [3.8, 4) is 0 Å². The van der Waals surface area contributed by atoms with E-state index in [4.69, 9.17) is 0 Å². The molecule has 0 saturated carbocycles. The molecule has 0 fully saturated rings. The van der Waals surface area contributed by atoms with Crippen LogP contribution in [0.2, 0.25) is 0 Å². The number of carbonyl (C=O) groups excluding carboxylic acids is 2. The third-order valence-electron chi connectivity index (χ3n) is 4.77. The molecule has 1 aliphatic rings. The number of benzene rings is 2. The van der Waals surface area contributed by atoms with Crippen LogP contribution in [0.3, 0.4) is 0 Å². The fourth-order valence-electron chi connectivity index (χ4n) is 3.27. The standard InChI is InChI=1S/C21H23F2N3O2/c22-17-6-7-18(19(23)12-17)21(28)25-13-20(27)24-9-3-10-26-11-8-15-4-1-2-5-16(15)14-26/h1-2,4-7,12H,3,8-11,13-14H2,(H,24,27)(H,25,28). The molecule has 148 valence electrons. The van der Waals surface area contributed by atoms with Crippen molar-refractivity contribution in [3.63, 3.8) is 0 Å². The van der Waals surface area contributed by atoms with E-state index in [-0.39, 0.29) is 18.0 Å². The zero-order valence-electron chi connectivity index (χ0n) is 15.5. The summed E-state index contributed by atoms with van der Waals surface area (Å²) in [6.45, 7) is 3.04. The SMILES string of the molecule is O=C(CNC(=O)c1ccc(F)cc1F)NCCCN1CCc2ccccc2C1. The number of hydrogen-bond donors (Lipinski definition) is 2. The second kappa shape index (κ2) is 9.41. The molecule has 7 heteroatoms. The largest absolute Gasteiger partial charge is 0.355 e. The Morgan fingerprint density at radius 3 is 2.61 bits per heavy atom. The predicted molar refractivity (Wildman–Crippen MR) is 102 cm³/mol. The number of amides is 2. The molecule has 5 nitrogen and oxygen atoms in total. The zero-order chi connectivity index (χ0) is 19.9. The molecule has 0 unspecified atom stereocenters. The summed E-state index contributed by atoms with van der Waals surface area (Å²) in [7, 11) is 0. The molecule has 1 heterocycles. The van der Waals surface area contributed by atoms with Gasteiger partial charge >= 0.3 is 0 Å². The fraction of sp³-hybridized carbons (Fsp3) is 0.333. The quantitative estimate of drug-likeness (QED) is 0.717. The van der Waals surface area contributed by atoms with Crippen LogP contribution in [0.15, 0.2) is 42.5 Å². The van der Waals surface area contributed by atoms with Gasteiger partial charge in [-0.05, 0) is 36.1 Å². The number of nitrogens with one attached hydrogen (secondary N) is 2. The van der Waals surface area contributed by atoms with E-state index in [0.717, 1.165) is 44.6 Å². The van der Waals surface area contributed by atoms with Crippen LogP contribution in [0.5, 0.6) is 0 Å². The minimum atomic E-state index is -0.957. The molecule has 0 aliphatic carbocycles. The highest BCUT2D eigenvalue weighted by molar-refractivity contribution is 5.96. The first kappa shape index (κ1) is 19.9.